The fourth-order valence-corrected chi connectivity index (χ4v) is 5.57. The molecule has 0 saturated carbocycles. The maximum absolute atomic E-state index is 12.6. The van der Waals surface area contributed by atoms with Crippen LogP contribution in [0.3, 0.4) is 0 Å². The van der Waals surface area contributed by atoms with Crippen LogP contribution in [0.4, 0.5) is 0 Å². The predicted molar refractivity (Wildman–Crippen MR) is 163 cm³/mol. The number of hydrogen-bond acceptors (Lipinski definition) is 6. The summed E-state index contributed by atoms with van der Waals surface area (Å²) in [5, 5.41) is 8.48. The van der Waals surface area contributed by atoms with Crippen molar-refractivity contribution in [2.45, 2.75) is 46.4 Å². The van der Waals surface area contributed by atoms with Crippen molar-refractivity contribution >= 4 is 27.7 Å². The average molecular weight is 552 g/mol. The lowest BCUT2D eigenvalue weighted by Crippen LogP contribution is -2.37. The van der Waals surface area contributed by atoms with E-state index in [1.54, 1.807) is 7.05 Å². The van der Waals surface area contributed by atoms with Crippen LogP contribution < -0.4 is 15.4 Å². The Morgan fingerprint density at radius 3 is 2.78 bits per heavy atom. The molecular formula is C32H37N7O2. The lowest BCUT2D eigenvalue weighted by molar-refractivity contribution is -0.130. The fourth-order valence-electron chi connectivity index (χ4n) is 5.57. The van der Waals surface area contributed by atoms with E-state index < -0.39 is 0 Å². The fraction of sp³-hybridized carbons (Fsp3) is 0.344. The van der Waals surface area contributed by atoms with Gasteiger partial charge in [-0.2, -0.15) is 0 Å². The first-order chi connectivity index (χ1) is 20.1. The lowest BCUT2D eigenvalue weighted by Gasteiger charge is -2.22. The highest BCUT2D eigenvalue weighted by molar-refractivity contribution is 6.07. The number of ether oxygens (including phenoxy) is 1. The van der Waals surface area contributed by atoms with Crippen LogP contribution in [-0.4, -0.2) is 57.4 Å². The van der Waals surface area contributed by atoms with Crippen LogP contribution in [0.5, 0.6) is 5.75 Å². The van der Waals surface area contributed by atoms with Crippen molar-refractivity contribution in [2.24, 2.45) is 0 Å². The summed E-state index contributed by atoms with van der Waals surface area (Å²) in [4.78, 5) is 30.8. The minimum Gasteiger partial charge on any atom is -0.488 e. The third kappa shape index (κ3) is 5.42. The molecule has 0 bridgehead atoms. The SMILES string of the molecule is CCCNCc1ncc(-c2ccc3c(c2)COc2cc4c(ccc5[nH]c(CN(CCC)C(=O)CNC)nc54)cc2-3)[nH]1. The number of rotatable bonds is 11. The number of likely N-dealkylation sites (N-methyl/N-ethyl adjacent to an activating group) is 1. The van der Waals surface area contributed by atoms with Gasteiger partial charge in [0, 0.05) is 17.5 Å². The molecule has 0 atom stereocenters. The molecule has 0 fully saturated rings. The second kappa shape index (κ2) is 11.7. The molecular weight excluding hydrogens is 514 g/mol. The number of nitrogens with zero attached hydrogens (tertiary/aromatic N) is 3. The predicted octanol–water partition coefficient (Wildman–Crippen LogP) is 5.12. The van der Waals surface area contributed by atoms with Crippen molar-refractivity contribution in [1.82, 2.24) is 35.5 Å². The van der Waals surface area contributed by atoms with Gasteiger partial charge in [0.25, 0.3) is 0 Å². The molecule has 212 valence electrons. The summed E-state index contributed by atoms with van der Waals surface area (Å²) in [6, 6.07) is 15.0. The summed E-state index contributed by atoms with van der Waals surface area (Å²) in [5.41, 5.74) is 7.37. The highest BCUT2D eigenvalue weighted by Gasteiger charge is 2.21. The van der Waals surface area contributed by atoms with Gasteiger partial charge >= 0.3 is 0 Å². The van der Waals surface area contributed by atoms with E-state index in [9.17, 15) is 4.79 Å². The minimum absolute atomic E-state index is 0.0703. The van der Waals surface area contributed by atoms with Crippen LogP contribution in [0.1, 0.15) is 43.9 Å². The number of aromatic nitrogens is 4. The van der Waals surface area contributed by atoms with Gasteiger partial charge in [-0.05, 0) is 72.8 Å². The van der Waals surface area contributed by atoms with Crippen molar-refractivity contribution < 1.29 is 9.53 Å². The first-order valence-electron chi connectivity index (χ1n) is 14.5. The second-order valence-corrected chi connectivity index (χ2v) is 10.6. The molecule has 0 unspecified atom stereocenters. The number of aromatic amines is 2. The standard InChI is InChI=1S/C32H37N7O2/c1-4-10-34-16-29-35-15-27(37-29)21-6-8-23-22(12-21)19-41-28-14-24-20(13-25(23)28)7-9-26-32(24)38-30(36-26)18-39(11-5-2)31(40)17-33-3/h6-9,12-15,33-34H,4-5,10-11,16-19H2,1-3H3,(H,35,37)(H,36,38). The van der Waals surface area contributed by atoms with Gasteiger partial charge in [-0.3, -0.25) is 4.79 Å². The van der Waals surface area contributed by atoms with Crippen molar-refractivity contribution in [3.8, 4) is 28.1 Å². The van der Waals surface area contributed by atoms with E-state index in [0.717, 1.165) is 87.5 Å². The first-order valence-corrected chi connectivity index (χ1v) is 14.5. The molecule has 4 N–H and O–H groups in total. The van der Waals surface area contributed by atoms with Crippen LogP contribution in [0.25, 0.3) is 44.2 Å². The van der Waals surface area contributed by atoms with Gasteiger partial charge in [0.15, 0.2) is 0 Å². The van der Waals surface area contributed by atoms with Gasteiger partial charge in [-0.1, -0.05) is 32.0 Å². The van der Waals surface area contributed by atoms with E-state index in [1.807, 2.05) is 11.1 Å². The maximum atomic E-state index is 12.6. The van der Waals surface area contributed by atoms with Crippen molar-refractivity contribution in [1.29, 1.82) is 0 Å². The van der Waals surface area contributed by atoms with E-state index in [0.29, 0.717) is 26.2 Å². The van der Waals surface area contributed by atoms with E-state index in [1.165, 1.54) is 5.56 Å². The second-order valence-electron chi connectivity index (χ2n) is 10.6. The van der Waals surface area contributed by atoms with Crippen molar-refractivity contribution in [2.75, 3.05) is 26.7 Å². The summed E-state index contributed by atoms with van der Waals surface area (Å²) in [7, 11) is 1.79. The zero-order valence-electron chi connectivity index (χ0n) is 23.9. The van der Waals surface area contributed by atoms with Crippen molar-refractivity contribution in [3.05, 3.63) is 65.9 Å². The number of carbonyl (C=O) groups is 1. The molecule has 5 aromatic rings. The zero-order valence-corrected chi connectivity index (χ0v) is 23.9. The number of carbonyl (C=O) groups excluding carboxylic acids is 1. The Bertz CT molecular complexity index is 1700. The van der Waals surface area contributed by atoms with Gasteiger partial charge in [0.2, 0.25) is 5.91 Å². The summed E-state index contributed by atoms with van der Waals surface area (Å²) in [6.45, 7) is 7.91. The van der Waals surface area contributed by atoms with Crippen LogP contribution in [0.15, 0.2) is 48.7 Å². The Labute approximate surface area is 239 Å². The summed E-state index contributed by atoms with van der Waals surface area (Å²) in [5.74, 6) is 2.65. The Balaban J connectivity index is 1.29. The van der Waals surface area contributed by atoms with E-state index in [2.05, 4.69) is 81.9 Å². The monoisotopic (exact) mass is 551 g/mol. The topological polar surface area (TPSA) is 111 Å². The Morgan fingerprint density at radius 2 is 1.95 bits per heavy atom. The third-order valence-corrected chi connectivity index (χ3v) is 7.57. The minimum atomic E-state index is 0.0703. The van der Waals surface area contributed by atoms with E-state index in [-0.39, 0.29) is 5.91 Å². The molecule has 0 aliphatic carbocycles. The van der Waals surface area contributed by atoms with Crippen LogP contribution in [-0.2, 0) is 24.5 Å². The lowest BCUT2D eigenvalue weighted by atomic mass is 9.92. The summed E-state index contributed by atoms with van der Waals surface area (Å²) >= 11 is 0. The van der Waals surface area contributed by atoms with E-state index in [4.69, 9.17) is 9.72 Å². The molecule has 1 amide bonds. The molecule has 0 radical (unpaired) electrons. The van der Waals surface area contributed by atoms with Crippen LogP contribution in [0.2, 0.25) is 0 Å². The molecule has 1 aliphatic rings. The Kier molecular flexibility index (Phi) is 7.71. The quantitative estimate of drug-likeness (QED) is 0.170. The molecule has 0 saturated heterocycles. The van der Waals surface area contributed by atoms with E-state index >= 15 is 0 Å². The normalized spacial score (nSPS) is 12.4. The van der Waals surface area contributed by atoms with Gasteiger partial charge < -0.3 is 30.2 Å². The Hall–Kier alpha value is -4.21. The largest absolute Gasteiger partial charge is 0.488 e. The highest BCUT2D eigenvalue weighted by Crippen LogP contribution is 2.42. The number of amides is 1. The average Bonchev–Trinajstić information content (AvgIpc) is 3.63. The van der Waals surface area contributed by atoms with Gasteiger partial charge in [-0.25, -0.2) is 9.97 Å². The molecule has 9 heteroatoms. The Morgan fingerprint density at radius 1 is 1.05 bits per heavy atom. The number of benzene rings is 3. The summed E-state index contributed by atoms with van der Waals surface area (Å²) < 4.78 is 6.30. The van der Waals surface area contributed by atoms with Gasteiger partial charge in [0.1, 0.15) is 24.0 Å². The summed E-state index contributed by atoms with van der Waals surface area (Å²) in [6.07, 6.45) is 3.89. The molecule has 0 spiro atoms. The highest BCUT2D eigenvalue weighted by atomic mass is 16.5. The third-order valence-electron chi connectivity index (χ3n) is 7.57. The van der Waals surface area contributed by atoms with Crippen LogP contribution >= 0.6 is 0 Å². The molecule has 41 heavy (non-hydrogen) atoms. The first kappa shape index (κ1) is 27.0. The molecule has 1 aliphatic heterocycles. The van der Waals surface area contributed by atoms with Gasteiger partial charge in [0.05, 0.1) is 42.6 Å². The molecule has 9 nitrogen and oxygen atoms in total. The van der Waals surface area contributed by atoms with Gasteiger partial charge in [-0.15, -0.1) is 0 Å². The number of nitrogens with one attached hydrogen (secondary N) is 4. The molecule has 3 heterocycles. The van der Waals surface area contributed by atoms with Crippen LogP contribution in [0, 0.1) is 0 Å². The molecule has 3 aromatic carbocycles. The maximum Gasteiger partial charge on any atom is 0.236 e. The molecule has 6 rings (SSSR count). The number of H-pyrrole nitrogens is 2. The number of imidazole rings is 2. The molecule has 2 aromatic heterocycles. The number of hydrogen-bond donors (Lipinski definition) is 4. The van der Waals surface area contributed by atoms with Crippen molar-refractivity contribution in [3.63, 3.8) is 0 Å². The zero-order chi connectivity index (χ0) is 28.3. The number of fused-ring (bicyclic) bond motifs is 6. The smallest absolute Gasteiger partial charge is 0.236 e.